The fourth-order valence-corrected chi connectivity index (χ4v) is 8.11. The monoisotopic (exact) mass is 1000 g/mol. The first kappa shape index (κ1) is 66.9. The maximum Gasteiger partial charge on any atom is 0.472 e. The Morgan fingerprint density at radius 1 is 0.414 bits per heavy atom. The standard InChI is InChI=1S/C58H101O11P/c1-4-7-10-13-16-19-22-24-26-27-29-31-34-37-40-43-46-49-58(62)69-55(51-65-56(60)47-44-41-38-35-32-21-18-15-12-9-6-3)53-67-70(63,64)66-52-54(50-59)68-57(61)48-45-42-39-36-33-30-28-25-23-20-17-14-11-8-5-2/h8,11,15-20,24-26,28,54-55,59H,4-7,9-10,12-14,21-23,27,29-53H2,1-3H3,(H,63,64)/b11-8-,18-15-,19-16-,20-17-,26-24-,28-25-. The Hall–Kier alpha value is -3.08. The van der Waals surface area contributed by atoms with E-state index in [0.29, 0.717) is 19.3 Å². The van der Waals surface area contributed by atoms with Gasteiger partial charge in [-0.3, -0.25) is 23.4 Å². The predicted octanol–water partition coefficient (Wildman–Crippen LogP) is 16.1. The number of unbranched alkanes of at least 4 members (excludes halogenated alkanes) is 22. The Balaban J connectivity index is 4.73. The summed E-state index contributed by atoms with van der Waals surface area (Å²) in [7, 11) is -4.75. The van der Waals surface area contributed by atoms with Gasteiger partial charge in [-0.05, 0) is 103 Å². The third-order valence-corrected chi connectivity index (χ3v) is 12.5. The highest BCUT2D eigenvalue weighted by Gasteiger charge is 2.28. The summed E-state index contributed by atoms with van der Waals surface area (Å²) in [6.45, 7) is 4.43. The Morgan fingerprint density at radius 2 is 0.757 bits per heavy atom. The van der Waals surface area contributed by atoms with E-state index < -0.39 is 57.8 Å². The lowest BCUT2D eigenvalue weighted by Gasteiger charge is -2.21. The molecule has 0 fully saturated rings. The normalized spacial score (nSPS) is 14.0. The Bertz CT molecular complexity index is 1450. The number of esters is 3. The van der Waals surface area contributed by atoms with Crippen molar-refractivity contribution >= 4 is 25.7 Å². The van der Waals surface area contributed by atoms with Crippen LogP contribution >= 0.6 is 7.82 Å². The van der Waals surface area contributed by atoms with Gasteiger partial charge in [-0.15, -0.1) is 0 Å². The SMILES string of the molecule is CC/C=C\C/C=C\C/C=C\CCCCCCCC(=O)OC(CO)COP(=O)(O)OCC(COC(=O)CCCCCCC/C=C\CCCC)OC(=O)CCCCCCCCC/C=C\C/C=C\CCCCC. The van der Waals surface area contributed by atoms with Crippen molar-refractivity contribution in [2.45, 2.75) is 251 Å². The molecule has 0 aliphatic carbocycles. The van der Waals surface area contributed by atoms with E-state index in [2.05, 4.69) is 93.7 Å². The molecule has 0 heterocycles. The van der Waals surface area contributed by atoms with E-state index in [-0.39, 0.29) is 25.9 Å². The Labute approximate surface area is 427 Å². The van der Waals surface area contributed by atoms with E-state index in [1.807, 2.05) is 0 Å². The number of aliphatic hydroxyl groups excluding tert-OH is 1. The summed E-state index contributed by atoms with van der Waals surface area (Å²) in [4.78, 5) is 48.4. The molecule has 0 saturated heterocycles. The molecule has 0 bridgehead atoms. The summed E-state index contributed by atoms with van der Waals surface area (Å²) in [5.74, 6) is -1.50. The molecule has 3 atom stereocenters. The van der Waals surface area contributed by atoms with E-state index in [0.717, 1.165) is 128 Å². The molecule has 11 nitrogen and oxygen atoms in total. The number of aliphatic hydroxyl groups is 1. The minimum atomic E-state index is -4.75. The number of hydrogen-bond donors (Lipinski definition) is 2. The molecule has 70 heavy (non-hydrogen) atoms. The Morgan fingerprint density at radius 3 is 1.20 bits per heavy atom. The summed E-state index contributed by atoms with van der Waals surface area (Å²) >= 11 is 0. The first-order chi connectivity index (χ1) is 34.2. The third kappa shape index (κ3) is 49.9. The molecule has 0 aromatic heterocycles. The molecule has 2 N–H and O–H groups in total. The van der Waals surface area contributed by atoms with Crippen LogP contribution in [0.5, 0.6) is 0 Å². The van der Waals surface area contributed by atoms with Crippen LogP contribution in [0.15, 0.2) is 72.9 Å². The van der Waals surface area contributed by atoms with Crippen molar-refractivity contribution in [3.05, 3.63) is 72.9 Å². The van der Waals surface area contributed by atoms with E-state index in [1.54, 1.807) is 0 Å². The molecule has 0 spiro atoms. The van der Waals surface area contributed by atoms with Gasteiger partial charge in [0.15, 0.2) is 6.10 Å². The first-order valence-electron chi connectivity index (χ1n) is 27.8. The van der Waals surface area contributed by atoms with Gasteiger partial charge in [-0.2, -0.15) is 0 Å². The molecular formula is C58H101O11P. The summed E-state index contributed by atoms with van der Waals surface area (Å²) in [5.41, 5.74) is 0. The number of carbonyl (C=O) groups is 3. The summed E-state index contributed by atoms with van der Waals surface area (Å²) in [6.07, 6.45) is 57.2. The van der Waals surface area contributed by atoms with E-state index in [9.17, 15) is 28.9 Å². The molecule has 0 amide bonds. The van der Waals surface area contributed by atoms with E-state index in [4.69, 9.17) is 23.3 Å². The molecule has 0 aromatic carbocycles. The fraction of sp³-hybridized carbons (Fsp3) is 0.741. The highest BCUT2D eigenvalue weighted by atomic mass is 31.2. The van der Waals surface area contributed by atoms with Crippen LogP contribution in [0, 0.1) is 0 Å². The van der Waals surface area contributed by atoms with Gasteiger partial charge in [-0.1, -0.05) is 190 Å². The number of phosphoric ester groups is 1. The van der Waals surface area contributed by atoms with Crippen LogP contribution in [0.25, 0.3) is 0 Å². The summed E-state index contributed by atoms with van der Waals surface area (Å²) < 4.78 is 39.4. The average molecular weight is 1010 g/mol. The van der Waals surface area contributed by atoms with Crippen molar-refractivity contribution in [2.75, 3.05) is 26.4 Å². The zero-order chi connectivity index (χ0) is 51.3. The molecule has 404 valence electrons. The number of phosphoric acid groups is 1. The van der Waals surface area contributed by atoms with Gasteiger partial charge in [-0.25, -0.2) is 4.57 Å². The second-order valence-electron chi connectivity index (χ2n) is 18.4. The van der Waals surface area contributed by atoms with Crippen LogP contribution in [-0.4, -0.2) is 66.5 Å². The van der Waals surface area contributed by atoms with Crippen molar-refractivity contribution < 1.29 is 52.2 Å². The van der Waals surface area contributed by atoms with E-state index in [1.165, 1.54) is 51.4 Å². The molecule has 0 saturated carbocycles. The van der Waals surface area contributed by atoms with Crippen LogP contribution in [-0.2, 0) is 42.2 Å². The molecule has 0 aliphatic heterocycles. The lowest BCUT2D eigenvalue weighted by molar-refractivity contribution is -0.161. The smallest absolute Gasteiger partial charge is 0.462 e. The van der Waals surface area contributed by atoms with Gasteiger partial charge in [0.2, 0.25) is 0 Å². The van der Waals surface area contributed by atoms with Crippen LogP contribution in [0.4, 0.5) is 0 Å². The molecule has 0 rings (SSSR count). The minimum absolute atomic E-state index is 0.154. The topological polar surface area (TPSA) is 155 Å². The van der Waals surface area contributed by atoms with Crippen LogP contribution in [0.3, 0.4) is 0 Å². The number of ether oxygens (including phenoxy) is 3. The first-order valence-corrected chi connectivity index (χ1v) is 29.3. The van der Waals surface area contributed by atoms with Gasteiger partial charge in [0.1, 0.15) is 12.7 Å². The number of carbonyl (C=O) groups excluding carboxylic acids is 3. The quantitative estimate of drug-likeness (QED) is 0.0197. The average Bonchev–Trinajstić information content (AvgIpc) is 3.35. The molecule has 3 unspecified atom stereocenters. The Kier molecular flexibility index (Phi) is 50.0. The van der Waals surface area contributed by atoms with E-state index >= 15 is 0 Å². The number of allylic oxidation sites excluding steroid dienone is 12. The highest BCUT2D eigenvalue weighted by molar-refractivity contribution is 7.47. The van der Waals surface area contributed by atoms with Crippen molar-refractivity contribution in [3.63, 3.8) is 0 Å². The van der Waals surface area contributed by atoms with Gasteiger partial charge < -0.3 is 24.2 Å². The molecule has 0 aromatic rings. The predicted molar refractivity (Wildman–Crippen MR) is 288 cm³/mol. The largest absolute Gasteiger partial charge is 0.472 e. The fourth-order valence-electron chi connectivity index (χ4n) is 7.32. The third-order valence-electron chi connectivity index (χ3n) is 11.6. The maximum absolute atomic E-state index is 12.9. The maximum atomic E-state index is 12.9. The second-order valence-corrected chi connectivity index (χ2v) is 19.8. The molecule has 0 radical (unpaired) electrons. The van der Waals surface area contributed by atoms with Crippen molar-refractivity contribution in [1.29, 1.82) is 0 Å². The van der Waals surface area contributed by atoms with Gasteiger partial charge >= 0.3 is 25.7 Å². The van der Waals surface area contributed by atoms with Crippen molar-refractivity contribution in [3.8, 4) is 0 Å². The number of rotatable bonds is 51. The second kappa shape index (κ2) is 52.2. The zero-order valence-electron chi connectivity index (χ0n) is 44.5. The summed E-state index contributed by atoms with van der Waals surface area (Å²) in [5, 5.41) is 9.80. The zero-order valence-corrected chi connectivity index (χ0v) is 45.4. The van der Waals surface area contributed by atoms with Crippen LogP contribution in [0.1, 0.15) is 239 Å². The lowest BCUT2D eigenvalue weighted by atomic mass is 10.1. The molecule has 0 aliphatic rings. The van der Waals surface area contributed by atoms with Crippen LogP contribution < -0.4 is 0 Å². The van der Waals surface area contributed by atoms with Crippen molar-refractivity contribution in [2.24, 2.45) is 0 Å². The lowest BCUT2D eigenvalue weighted by Crippen LogP contribution is -2.30. The highest BCUT2D eigenvalue weighted by Crippen LogP contribution is 2.43. The van der Waals surface area contributed by atoms with Crippen LogP contribution in [0.2, 0.25) is 0 Å². The molecule has 12 heteroatoms. The molecular weight excluding hydrogens is 904 g/mol. The summed E-state index contributed by atoms with van der Waals surface area (Å²) in [6, 6.07) is 0. The van der Waals surface area contributed by atoms with Gasteiger partial charge in [0, 0.05) is 19.3 Å². The minimum Gasteiger partial charge on any atom is -0.462 e. The van der Waals surface area contributed by atoms with Crippen molar-refractivity contribution in [1.82, 2.24) is 0 Å². The number of hydrogen-bond acceptors (Lipinski definition) is 10. The van der Waals surface area contributed by atoms with Gasteiger partial charge in [0.05, 0.1) is 19.8 Å². The van der Waals surface area contributed by atoms with Gasteiger partial charge in [0.25, 0.3) is 0 Å².